The maximum absolute atomic E-state index is 13.3. The molecule has 1 unspecified atom stereocenters. The molecule has 0 radical (unpaired) electrons. The van der Waals surface area contributed by atoms with E-state index in [1.807, 2.05) is 6.92 Å². The Hall–Kier alpha value is -1.05. The lowest BCUT2D eigenvalue weighted by molar-refractivity contribution is -0.163. The number of carbonyl (C=O) groups is 2. The van der Waals surface area contributed by atoms with Crippen LogP contribution in [0.1, 0.15) is 47.0 Å². The summed E-state index contributed by atoms with van der Waals surface area (Å²) < 4.78 is 12.0. The summed E-state index contributed by atoms with van der Waals surface area (Å²) in [6.45, 7) is 16.9. The Balaban J connectivity index is 1.90. The molecule has 30 heavy (non-hydrogen) atoms. The van der Waals surface area contributed by atoms with Crippen molar-refractivity contribution in [2.45, 2.75) is 82.5 Å². The first-order valence-electron chi connectivity index (χ1n) is 11.0. The van der Waals surface area contributed by atoms with Gasteiger partial charge >= 0.3 is 5.97 Å². The summed E-state index contributed by atoms with van der Waals surface area (Å²) in [7, 11) is -2.00. The van der Waals surface area contributed by atoms with E-state index < -0.39 is 8.32 Å². The van der Waals surface area contributed by atoms with Gasteiger partial charge in [0, 0.05) is 11.2 Å². The van der Waals surface area contributed by atoms with Crippen molar-refractivity contribution < 1.29 is 18.8 Å². The first-order chi connectivity index (χ1) is 14.0. The largest absolute Gasteiger partial charge is 0.457 e. The van der Waals surface area contributed by atoms with E-state index in [4.69, 9.17) is 9.16 Å². The molecule has 0 spiro atoms. The quantitative estimate of drug-likeness (QED) is 0.242. The number of nitrogens with zero attached hydrogens (tertiary/aromatic N) is 1. The Morgan fingerprint density at radius 3 is 2.60 bits per heavy atom. The summed E-state index contributed by atoms with van der Waals surface area (Å²) in [5.41, 5.74) is 1.63. The van der Waals surface area contributed by atoms with Crippen molar-refractivity contribution in [3.05, 3.63) is 23.9 Å². The molecule has 0 bridgehead atoms. The van der Waals surface area contributed by atoms with Crippen LogP contribution < -0.4 is 0 Å². The Morgan fingerprint density at radius 2 is 2.03 bits per heavy atom. The Kier molecular flexibility index (Phi) is 6.67. The molecule has 0 aromatic carbocycles. The Morgan fingerprint density at radius 1 is 1.37 bits per heavy atom. The van der Waals surface area contributed by atoms with Crippen LogP contribution in [0.15, 0.2) is 23.9 Å². The van der Waals surface area contributed by atoms with Gasteiger partial charge in [0.15, 0.2) is 8.32 Å². The molecule has 2 aliphatic heterocycles. The van der Waals surface area contributed by atoms with Crippen LogP contribution in [0, 0.1) is 11.8 Å². The third-order valence-electron chi connectivity index (χ3n) is 7.45. The molecule has 1 saturated carbocycles. The van der Waals surface area contributed by atoms with E-state index in [0.717, 1.165) is 24.8 Å². The maximum Gasteiger partial charge on any atom is 0.355 e. The van der Waals surface area contributed by atoms with Crippen molar-refractivity contribution in [3.8, 4) is 0 Å². The average Bonchev–Trinajstić information content (AvgIpc) is 2.95. The smallest absolute Gasteiger partial charge is 0.355 e. The number of esters is 1. The summed E-state index contributed by atoms with van der Waals surface area (Å²) in [5, 5.41) is 0.354. The Bertz CT molecular complexity index is 757. The zero-order valence-electron chi connectivity index (χ0n) is 19.5. The van der Waals surface area contributed by atoms with Crippen LogP contribution in [0.2, 0.25) is 18.1 Å². The fourth-order valence-corrected chi connectivity index (χ4v) is 7.35. The van der Waals surface area contributed by atoms with Crippen molar-refractivity contribution in [1.82, 2.24) is 4.90 Å². The monoisotopic (exact) mass is 451 g/mol. The van der Waals surface area contributed by atoms with Crippen LogP contribution in [-0.2, 0) is 18.8 Å². The summed E-state index contributed by atoms with van der Waals surface area (Å²) in [6.07, 6.45) is 6.68. The number of β-lactam (4-membered cyclic amide) rings is 1. The minimum Gasteiger partial charge on any atom is -0.457 e. The van der Waals surface area contributed by atoms with E-state index in [1.54, 1.807) is 22.7 Å². The predicted molar refractivity (Wildman–Crippen MR) is 125 cm³/mol. The van der Waals surface area contributed by atoms with Gasteiger partial charge in [0.25, 0.3) is 0 Å². The molecule has 2 heterocycles. The minimum absolute atomic E-state index is 0.0125. The van der Waals surface area contributed by atoms with Crippen LogP contribution >= 0.6 is 11.8 Å². The second kappa shape index (κ2) is 8.47. The zero-order valence-corrected chi connectivity index (χ0v) is 21.3. The number of carbonyl (C=O) groups excluding carboxylic acids is 2. The van der Waals surface area contributed by atoms with E-state index in [2.05, 4.69) is 46.7 Å². The number of amides is 1. The van der Waals surface area contributed by atoms with Crippen LogP contribution in [0.3, 0.4) is 0 Å². The fraction of sp³-hybridized carbons (Fsp3) is 0.739. The summed E-state index contributed by atoms with van der Waals surface area (Å²) in [4.78, 5) is 28.0. The number of fused-ring (bicyclic) bond motifs is 3. The number of hydrogen-bond acceptors (Lipinski definition) is 5. The molecule has 1 amide bonds. The third kappa shape index (κ3) is 3.82. The van der Waals surface area contributed by atoms with E-state index in [0.29, 0.717) is 5.70 Å². The van der Waals surface area contributed by atoms with Crippen molar-refractivity contribution in [1.29, 1.82) is 0 Å². The highest BCUT2D eigenvalue weighted by Gasteiger charge is 2.63. The van der Waals surface area contributed by atoms with Gasteiger partial charge < -0.3 is 14.1 Å². The molecular weight excluding hydrogens is 414 g/mol. The maximum atomic E-state index is 13.3. The van der Waals surface area contributed by atoms with Crippen molar-refractivity contribution in [2.24, 2.45) is 11.8 Å². The lowest BCUT2D eigenvalue weighted by atomic mass is 9.72. The molecule has 0 aromatic rings. The molecule has 1 saturated heterocycles. The van der Waals surface area contributed by atoms with Crippen molar-refractivity contribution >= 4 is 32.0 Å². The van der Waals surface area contributed by atoms with Crippen LogP contribution in [0.4, 0.5) is 0 Å². The van der Waals surface area contributed by atoms with Gasteiger partial charge in [0.05, 0.1) is 18.1 Å². The number of ether oxygens (including phenoxy) is 1. The van der Waals surface area contributed by atoms with Gasteiger partial charge in [-0.15, -0.1) is 0 Å². The van der Waals surface area contributed by atoms with Crippen molar-refractivity contribution in [2.75, 3.05) is 12.9 Å². The van der Waals surface area contributed by atoms with Gasteiger partial charge in [-0.25, -0.2) is 4.79 Å². The van der Waals surface area contributed by atoms with E-state index in [1.165, 1.54) is 0 Å². The molecule has 1 aliphatic carbocycles. The summed E-state index contributed by atoms with van der Waals surface area (Å²) in [5.74, 6) is -0.332. The first-order valence-corrected chi connectivity index (χ1v) is 15.2. The molecule has 5 atom stereocenters. The van der Waals surface area contributed by atoms with Crippen LogP contribution in [0.25, 0.3) is 0 Å². The third-order valence-corrected chi connectivity index (χ3v) is 13.1. The number of thioether (sulfide) groups is 1. The first kappa shape index (κ1) is 23.6. The molecule has 5 nitrogen and oxygen atoms in total. The van der Waals surface area contributed by atoms with E-state index in [9.17, 15) is 9.59 Å². The second-order valence-corrected chi connectivity index (χ2v) is 16.1. The van der Waals surface area contributed by atoms with E-state index in [-0.39, 0.29) is 52.8 Å². The van der Waals surface area contributed by atoms with Crippen LogP contribution in [-0.4, -0.2) is 55.4 Å². The highest BCUT2D eigenvalue weighted by molar-refractivity contribution is 7.99. The standard InChI is InChI=1S/C23H37NO4SSi/c1-9-13-27-22(26)20-18-15(11-10-12-16(18)29-6)19-17(21(25)24(19)20)14(2)28-30(7,8)23(3,4)5/h9,14-17,19H,1,10-13H2,2-8H3/t14?,15-,16-,17+,19+/m0/s1. The number of hydrogen-bond donors (Lipinski definition) is 0. The number of rotatable bonds is 7. The molecule has 0 aromatic heterocycles. The van der Waals surface area contributed by atoms with Crippen molar-refractivity contribution in [3.63, 3.8) is 0 Å². The lowest BCUT2D eigenvalue weighted by Gasteiger charge is -2.51. The second-order valence-electron chi connectivity index (χ2n) is 10.3. The average molecular weight is 452 g/mol. The molecule has 2 fully saturated rings. The normalized spacial score (nSPS) is 29.8. The molecule has 3 aliphatic rings. The van der Waals surface area contributed by atoms with Gasteiger partial charge in [0.1, 0.15) is 12.3 Å². The topological polar surface area (TPSA) is 55.8 Å². The van der Waals surface area contributed by atoms with Crippen LogP contribution in [0.5, 0.6) is 0 Å². The molecule has 3 rings (SSSR count). The van der Waals surface area contributed by atoms with Gasteiger partial charge in [-0.05, 0) is 49.7 Å². The molecule has 7 heteroatoms. The van der Waals surface area contributed by atoms with Gasteiger partial charge in [-0.3, -0.25) is 4.79 Å². The summed E-state index contributed by atoms with van der Waals surface area (Å²) >= 11 is 1.78. The van der Waals surface area contributed by atoms with Gasteiger partial charge in [-0.2, -0.15) is 11.8 Å². The highest BCUT2D eigenvalue weighted by atomic mass is 32.2. The summed E-state index contributed by atoms with van der Waals surface area (Å²) in [6, 6.07) is 0.0218. The predicted octanol–water partition coefficient (Wildman–Crippen LogP) is 4.75. The zero-order chi connectivity index (χ0) is 22.4. The fourth-order valence-electron chi connectivity index (χ4n) is 4.97. The van der Waals surface area contributed by atoms with E-state index >= 15 is 0 Å². The highest BCUT2D eigenvalue weighted by Crippen LogP contribution is 2.55. The SMILES string of the molecule is C=CCOC(=O)C1=C2[C@@H](SC)CCC[C@@H]2[C@@H]2[C@@H](C(C)O[Si](C)(C)C(C)(C)C)C(=O)N12. The Labute approximate surface area is 186 Å². The minimum atomic E-state index is -2.00. The molecule has 0 N–H and O–H groups in total. The van der Waals surface area contributed by atoms with Gasteiger partial charge in [0.2, 0.25) is 5.91 Å². The molecule has 168 valence electrons. The lowest BCUT2D eigenvalue weighted by Crippen LogP contribution is -2.65. The molecular formula is C23H37NO4SSi. The van der Waals surface area contributed by atoms with Gasteiger partial charge in [-0.1, -0.05) is 39.8 Å².